The van der Waals surface area contributed by atoms with Crippen LogP contribution in [0, 0.1) is 11.7 Å². The standard InChI is InChI=1S/C11H15ClFN3/c12-5-8-3-1-2-4-10(8)16-11-14-6-9(13)7-15-11/h6-8,10H,1-5H2,(H,14,15,16). The number of anilines is 1. The number of nitrogens with one attached hydrogen (secondary N) is 1. The van der Waals surface area contributed by atoms with Crippen LogP contribution in [0.2, 0.25) is 0 Å². The first-order chi connectivity index (χ1) is 7.79. The van der Waals surface area contributed by atoms with Crippen molar-refractivity contribution in [3.63, 3.8) is 0 Å². The summed E-state index contributed by atoms with van der Waals surface area (Å²) in [6, 6.07) is 0.316. The molecule has 0 spiro atoms. The summed E-state index contributed by atoms with van der Waals surface area (Å²) in [5.74, 6) is 1.19. The average molecular weight is 244 g/mol. The minimum atomic E-state index is -0.414. The Morgan fingerprint density at radius 3 is 2.69 bits per heavy atom. The highest BCUT2D eigenvalue weighted by Crippen LogP contribution is 2.27. The number of aromatic nitrogens is 2. The molecule has 3 nitrogen and oxygen atoms in total. The topological polar surface area (TPSA) is 37.8 Å². The van der Waals surface area contributed by atoms with Gasteiger partial charge in [-0.2, -0.15) is 0 Å². The summed E-state index contributed by atoms with van der Waals surface area (Å²) in [5.41, 5.74) is 0. The molecule has 0 aromatic carbocycles. The number of rotatable bonds is 3. The Balaban J connectivity index is 1.99. The van der Waals surface area contributed by atoms with E-state index in [0.29, 0.717) is 23.8 Å². The van der Waals surface area contributed by atoms with Crippen LogP contribution in [0.25, 0.3) is 0 Å². The number of alkyl halides is 1. The Kier molecular flexibility index (Phi) is 3.93. The van der Waals surface area contributed by atoms with Gasteiger partial charge in [0, 0.05) is 11.9 Å². The molecule has 88 valence electrons. The maximum absolute atomic E-state index is 12.6. The quantitative estimate of drug-likeness (QED) is 0.830. The van der Waals surface area contributed by atoms with E-state index in [0.717, 1.165) is 12.8 Å². The van der Waals surface area contributed by atoms with Crippen molar-refractivity contribution in [3.05, 3.63) is 18.2 Å². The van der Waals surface area contributed by atoms with Gasteiger partial charge in [0.1, 0.15) is 0 Å². The number of halogens is 2. The Labute approximate surface area is 99.4 Å². The fourth-order valence-corrected chi connectivity index (χ4v) is 2.50. The van der Waals surface area contributed by atoms with E-state index in [1.165, 1.54) is 25.2 Å². The zero-order valence-electron chi connectivity index (χ0n) is 9.00. The van der Waals surface area contributed by atoms with Crippen LogP contribution in [0.1, 0.15) is 25.7 Å². The summed E-state index contributed by atoms with van der Waals surface area (Å²) >= 11 is 5.93. The van der Waals surface area contributed by atoms with Gasteiger partial charge in [-0.25, -0.2) is 14.4 Å². The molecule has 2 unspecified atom stereocenters. The van der Waals surface area contributed by atoms with E-state index in [2.05, 4.69) is 15.3 Å². The smallest absolute Gasteiger partial charge is 0.223 e. The lowest BCUT2D eigenvalue weighted by Crippen LogP contribution is -2.33. The van der Waals surface area contributed by atoms with Crippen LogP contribution in [-0.4, -0.2) is 21.9 Å². The lowest BCUT2D eigenvalue weighted by molar-refractivity contribution is 0.352. The second kappa shape index (κ2) is 5.43. The molecule has 1 aliphatic carbocycles. The Morgan fingerprint density at radius 1 is 1.31 bits per heavy atom. The van der Waals surface area contributed by atoms with Crippen LogP contribution in [-0.2, 0) is 0 Å². The normalized spacial score (nSPS) is 25.4. The minimum Gasteiger partial charge on any atom is -0.351 e. The van der Waals surface area contributed by atoms with Gasteiger partial charge in [-0.3, -0.25) is 0 Å². The largest absolute Gasteiger partial charge is 0.351 e. The molecule has 0 bridgehead atoms. The summed E-state index contributed by atoms with van der Waals surface area (Å²) in [6.45, 7) is 0. The first-order valence-electron chi connectivity index (χ1n) is 5.59. The van der Waals surface area contributed by atoms with Crippen molar-refractivity contribution >= 4 is 17.5 Å². The van der Waals surface area contributed by atoms with Crippen molar-refractivity contribution in [1.82, 2.24) is 9.97 Å². The van der Waals surface area contributed by atoms with E-state index in [1.54, 1.807) is 0 Å². The van der Waals surface area contributed by atoms with Crippen molar-refractivity contribution < 1.29 is 4.39 Å². The first kappa shape index (κ1) is 11.6. The summed E-state index contributed by atoms with van der Waals surface area (Å²) in [6.07, 6.45) is 7.01. The second-order valence-corrected chi connectivity index (χ2v) is 4.48. The third-order valence-electron chi connectivity index (χ3n) is 3.04. The molecule has 1 heterocycles. The van der Waals surface area contributed by atoms with Gasteiger partial charge in [0.2, 0.25) is 5.95 Å². The lowest BCUT2D eigenvalue weighted by atomic mass is 9.86. The number of nitrogens with zero attached hydrogens (tertiary/aromatic N) is 2. The Bertz CT molecular complexity index is 331. The van der Waals surface area contributed by atoms with Gasteiger partial charge in [-0.05, 0) is 18.8 Å². The SMILES string of the molecule is Fc1cnc(NC2CCCCC2CCl)nc1. The second-order valence-electron chi connectivity index (χ2n) is 4.17. The van der Waals surface area contributed by atoms with E-state index in [4.69, 9.17) is 11.6 Å². The molecule has 1 aliphatic rings. The van der Waals surface area contributed by atoms with Crippen molar-refractivity contribution in [2.75, 3.05) is 11.2 Å². The number of hydrogen-bond donors (Lipinski definition) is 1. The molecule has 1 fully saturated rings. The van der Waals surface area contributed by atoms with Crippen LogP contribution >= 0.6 is 11.6 Å². The molecule has 16 heavy (non-hydrogen) atoms. The Hall–Kier alpha value is -0.900. The predicted molar refractivity (Wildman–Crippen MR) is 62.1 cm³/mol. The molecular formula is C11H15ClFN3. The predicted octanol–water partition coefficient (Wildman–Crippen LogP) is 2.83. The summed E-state index contributed by atoms with van der Waals surface area (Å²) in [7, 11) is 0. The van der Waals surface area contributed by atoms with E-state index >= 15 is 0 Å². The zero-order valence-corrected chi connectivity index (χ0v) is 9.75. The van der Waals surface area contributed by atoms with Crippen LogP contribution in [0.15, 0.2) is 12.4 Å². The molecule has 2 rings (SSSR count). The first-order valence-corrected chi connectivity index (χ1v) is 6.13. The molecule has 0 saturated heterocycles. The van der Waals surface area contributed by atoms with Crippen molar-refractivity contribution in [1.29, 1.82) is 0 Å². The van der Waals surface area contributed by atoms with Crippen molar-refractivity contribution in [3.8, 4) is 0 Å². The van der Waals surface area contributed by atoms with Gasteiger partial charge in [0.05, 0.1) is 12.4 Å². The highest BCUT2D eigenvalue weighted by atomic mass is 35.5. The van der Waals surface area contributed by atoms with E-state index in [-0.39, 0.29) is 0 Å². The molecule has 1 aromatic rings. The van der Waals surface area contributed by atoms with Gasteiger partial charge in [0.25, 0.3) is 0 Å². The highest BCUT2D eigenvalue weighted by Gasteiger charge is 2.24. The van der Waals surface area contributed by atoms with Gasteiger partial charge in [-0.15, -0.1) is 11.6 Å². The maximum atomic E-state index is 12.6. The van der Waals surface area contributed by atoms with Crippen molar-refractivity contribution in [2.24, 2.45) is 5.92 Å². The molecule has 0 aliphatic heterocycles. The van der Waals surface area contributed by atoms with Crippen LogP contribution in [0.4, 0.5) is 10.3 Å². The van der Waals surface area contributed by atoms with Crippen LogP contribution < -0.4 is 5.32 Å². The number of hydrogen-bond acceptors (Lipinski definition) is 3. The molecule has 2 atom stereocenters. The van der Waals surface area contributed by atoms with Gasteiger partial charge in [0.15, 0.2) is 5.82 Å². The van der Waals surface area contributed by atoms with Gasteiger partial charge < -0.3 is 5.32 Å². The monoisotopic (exact) mass is 243 g/mol. The average Bonchev–Trinajstić information content (AvgIpc) is 2.33. The lowest BCUT2D eigenvalue weighted by Gasteiger charge is -2.30. The summed E-state index contributed by atoms with van der Waals surface area (Å²) in [5, 5.41) is 3.24. The summed E-state index contributed by atoms with van der Waals surface area (Å²) < 4.78 is 12.6. The third-order valence-corrected chi connectivity index (χ3v) is 3.44. The minimum absolute atomic E-state index is 0.316. The molecule has 5 heteroatoms. The third kappa shape index (κ3) is 2.82. The van der Waals surface area contributed by atoms with Crippen molar-refractivity contribution in [2.45, 2.75) is 31.7 Å². The zero-order chi connectivity index (χ0) is 11.4. The Morgan fingerprint density at radius 2 is 2.00 bits per heavy atom. The molecule has 1 N–H and O–H groups in total. The van der Waals surface area contributed by atoms with E-state index < -0.39 is 5.82 Å². The van der Waals surface area contributed by atoms with Crippen LogP contribution in [0.3, 0.4) is 0 Å². The fourth-order valence-electron chi connectivity index (χ4n) is 2.14. The fraction of sp³-hybridized carbons (Fsp3) is 0.636. The van der Waals surface area contributed by atoms with E-state index in [9.17, 15) is 4.39 Å². The summed E-state index contributed by atoms with van der Waals surface area (Å²) in [4.78, 5) is 7.80. The molecule has 0 amide bonds. The van der Waals surface area contributed by atoms with Crippen LogP contribution in [0.5, 0.6) is 0 Å². The maximum Gasteiger partial charge on any atom is 0.223 e. The molecular weight excluding hydrogens is 229 g/mol. The molecule has 1 aromatic heterocycles. The van der Waals surface area contributed by atoms with E-state index in [1.807, 2.05) is 0 Å². The molecule has 1 saturated carbocycles. The highest BCUT2D eigenvalue weighted by molar-refractivity contribution is 6.18. The van der Waals surface area contributed by atoms with Gasteiger partial charge in [-0.1, -0.05) is 12.8 Å². The molecule has 0 radical (unpaired) electrons. The van der Waals surface area contributed by atoms with Gasteiger partial charge >= 0.3 is 0 Å².